The average Bonchev–Trinajstić information content (AvgIpc) is 3.19. The van der Waals surface area contributed by atoms with Crippen LogP contribution in [0.25, 0.3) is 11.3 Å². The van der Waals surface area contributed by atoms with Crippen LogP contribution in [0.1, 0.15) is 31.9 Å². The minimum absolute atomic E-state index is 0. The molecule has 0 bridgehead atoms. The lowest BCUT2D eigenvalue weighted by Crippen LogP contribution is -2.16. The number of nitrogens with one attached hydrogen (secondary N) is 1. The van der Waals surface area contributed by atoms with Gasteiger partial charge in [0, 0.05) is 18.2 Å². The number of nitrogens with zero attached hydrogens (tertiary/aromatic N) is 3. The van der Waals surface area contributed by atoms with Crippen molar-refractivity contribution in [1.82, 2.24) is 20.3 Å². The predicted octanol–water partition coefficient (Wildman–Crippen LogP) is 3.03. The van der Waals surface area contributed by atoms with Gasteiger partial charge in [-0.15, -0.1) is 12.4 Å². The van der Waals surface area contributed by atoms with Crippen molar-refractivity contribution in [2.45, 2.75) is 45.3 Å². The minimum atomic E-state index is 0. The molecule has 4 nitrogen and oxygen atoms in total. The smallest absolute Gasteiger partial charge is 0.117 e. The van der Waals surface area contributed by atoms with E-state index in [1.807, 2.05) is 23.0 Å². The van der Waals surface area contributed by atoms with Gasteiger partial charge in [-0.2, -0.15) is 15.0 Å². The van der Waals surface area contributed by atoms with E-state index < -0.39 is 0 Å². The summed E-state index contributed by atoms with van der Waals surface area (Å²) in [5.41, 5.74) is 3.23. The Bertz CT molecular complexity index is 534. The average molecular weight is 293 g/mol. The molecule has 0 unspecified atom stereocenters. The van der Waals surface area contributed by atoms with Gasteiger partial charge in [-0.25, -0.2) is 0 Å². The van der Waals surface area contributed by atoms with Gasteiger partial charge in [-0.3, -0.25) is 0 Å². The summed E-state index contributed by atoms with van der Waals surface area (Å²) >= 11 is 0. The fourth-order valence-electron chi connectivity index (χ4n) is 2.15. The SMILES string of the molecule is CCCn1nc(CNC2CC2)c(-c2ccccc2)n1.Cl. The van der Waals surface area contributed by atoms with Crippen molar-refractivity contribution >= 4 is 12.4 Å². The molecule has 1 aromatic heterocycles. The second-order valence-electron chi connectivity index (χ2n) is 5.11. The number of aromatic nitrogens is 3. The Balaban J connectivity index is 0.00000147. The topological polar surface area (TPSA) is 42.7 Å². The van der Waals surface area contributed by atoms with E-state index in [0.717, 1.165) is 36.5 Å². The van der Waals surface area contributed by atoms with Crippen molar-refractivity contribution in [3.8, 4) is 11.3 Å². The summed E-state index contributed by atoms with van der Waals surface area (Å²) in [5.74, 6) is 0. The van der Waals surface area contributed by atoms with Crippen LogP contribution in [0.4, 0.5) is 0 Å². The second-order valence-corrected chi connectivity index (χ2v) is 5.11. The summed E-state index contributed by atoms with van der Waals surface area (Å²) in [4.78, 5) is 1.83. The number of benzene rings is 1. The van der Waals surface area contributed by atoms with E-state index in [4.69, 9.17) is 0 Å². The predicted molar refractivity (Wildman–Crippen MR) is 82.9 cm³/mol. The zero-order valence-corrected chi connectivity index (χ0v) is 12.6. The Morgan fingerprint density at radius 2 is 1.95 bits per heavy atom. The lowest BCUT2D eigenvalue weighted by Gasteiger charge is -2.01. The maximum Gasteiger partial charge on any atom is 0.117 e. The fourth-order valence-corrected chi connectivity index (χ4v) is 2.15. The van der Waals surface area contributed by atoms with Crippen LogP contribution in [0.3, 0.4) is 0 Å². The molecule has 0 saturated heterocycles. The maximum atomic E-state index is 4.63. The van der Waals surface area contributed by atoms with Crippen LogP contribution in [0, 0.1) is 0 Å². The van der Waals surface area contributed by atoms with Gasteiger partial charge in [0.25, 0.3) is 0 Å². The Hall–Kier alpha value is -1.39. The molecule has 108 valence electrons. The largest absolute Gasteiger partial charge is 0.308 e. The minimum Gasteiger partial charge on any atom is -0.308 e. The number of hydrogen-bond acceptors (Lipinski definition) is 3. The first-order valence-electron chi connectivity index (χ1n) is 7.09. The lowest BCUT2D eigenvalue weighted by molar-refractivity contribution is 0.520. The Kier molecular flexibility index (Phi) is 5.15. The van der Waals surface area contributed by atoms with E-state index in [-0.39, 0.29) is 12.4 Å². The van der Waals surface area contributed by atoms with Crippen molar-refractivity contribution in [2.24, 2.45) is 0 Å². The third kappa shape index (κ3) is 3.58. The zero-order chi connectivity index (χ0) is 13.1. The van der Waals surface area contributed by atoms with Crippen molar-refractivity contribution in [3.05, 3.63) is 36.0 Å². The molecule has 1 saturated carbocycles. The summed E-state index contributed by atoms with van der Waals surface area (Å²) in [6.45, 7) is 3.84. The molecule has 1 aromatic carbocycles. The van der Waals surface area contributed by atoms with Gasteiger partial charge in [0.05, 0.1) is 6.54 Å². The van der Waals surface area contributed by atoms with E-state index in [9.17, 15) is 0 Å². The third-order valence-electron chi connectivity index (χ3n) is 3.33. The molecule has 0 aliphatic heterocycles. The highest BCUT2D eigenvalue weighted by atomic mass is 35.5. The number of halogens is 1. The van der Waals surface area contributed by atoms with Gasteiger partial charge in [0.15, 0.2) is 0 Å². The number of hydrogen-bond donors (Lipinski definition) is 1. The molecule has 0 spiro atoms. The van der Waals surface area contributed by atoms with Crippen LogP contribution in [-0.4, -0.2) is 21.0 Å². The molecular formula is C15H21ClN4. The molecule has 1 aliphatic rings. The van der Waals surface area contributed by atoms with Crippen LogP contribution in [0.5, 0.6) is 0 Å². The molecule has 0 amide bonds. The van der Waals surface area contributed by atoms with Crippen molar-refractivity contribution in [1.29, 1.82) is 0 Å². The van der Waals surface area contributed by atoms with Crippen molar-refractivity contribution < 1.29 is 0 Å². The first-order valence-corrected chi connectivity index (χ1v) is 7.09. The lowest BCUT2D eigenvalue weighted by atomic mass is 10.1. The van der Waals surface area contributed by atoms with Crippen LogP contribution in [0.2, 0.25) is 0 Å². The number of aryl methyl sites for hydroxylation is 1. The van der Waals surface area contributed by atoms with Crippen LogP contribution in [-0.2, 0) is 13.1 Å². The Morgan fingerprint density at radius 1 is 1.20 bits per heavy atom. The molecule has 0 atom stereocenters. The normalized spacial score (nSPS) is 14.1. The second kappa shape index (κ2) is 6.86. The van der Waals surface area contributed by atoms with Crippen molar-refractivity contribution in [2.75, 3.05) is 0 Å². The highest BCUT2D eigenvalue weighted by Gasteiger charge is 2.22. The quantitative estimate of drug-likeness (QED) is 0.890. The fraction of sp³-hybridized carbons (Fsp3) is 0.467. The molecule has 2 aromatic rings. The van der Waals surface area contributed by atoms with Gasteiger partial charge in [0.2, 0.25) is 0 Å². The summed E-state index contributed by atoms with van der Waals surface area (Å²) < 4.78 is 0. The molecule has 5 heteroatoms. The summed E-state index contributed by atoms with van der Waals surface area (Å²) in [7, 11) is 0. The first-order chi connectivity index (χ1) is 9.36. The summed E-state index contributed by atoms with van der Waals surface area (Å²) in [6.07, 6.45) is 3.64. The monoisotopic (exact) mass is 292 g/mol. The van der Waals surface area contributed by atoms with Crippen LogP contribution >= 0.6 is 12.4 Å². The first kappa shape index (κ1) is 15.0. The molecule has 1 heterocycles. The number of rotatable bonds is 6. The van der Waals surface area contributed by atoms with Gasteiger partial charge in [0.1, 0.15) is 11.4 Å². The molecular weight excluding hydrogens is 272 g/mol. The molecule has 3 rings (SSSR count). The Morgan fingerprint density at radius 3 is 2.60 bits per heavy atom. The summed E-state index contributed by atoms with van der Waals surface area (Å²) in [5, 5.41) is 12.8. The molecule has 1 fully saturated rings. The highest BCUT2D eigenvalue weighted by molar-refractivity contribution is 5.85. The highest BCUT2D eigenvalue weighted by Crippen LogP contribution is 2.23. The van der Waals surface area contributed by atoms with Crippen LogP contribution in [0.15, 0.2) is 30.3 Å². The molecule has 1 N–H and O–H groups in total. The van der Waals surface area contributed by atoms with E-state index >= 15 is 0 Å². The van der Waals surface area contributed by atoms with Gasteiger partial charge >= 0.3 is 0 Å². The van der Waals surface area contributed by atoms with Gasteiger partial charge in [-0.1, -0.05) is 37.3 Å². The van der Waals surface area contributed by atoms with E-state index in [1.165, 1.54) is 12.8 Å². The molecule has 20 heavy (non-hydrogen) atoms. The maximum absolute atomic E-state index is 4.63. The van der Waals surface area contributed by atoms with Gasteiger partial charge < -0.3 is 5.32 Å². The molecule has 1 aliphatic carbocycles. The van der Waals surface area contributed by atoms with Gasteiger partial charge in [-0.05, 0) is 19.3 Å². The van der Waals surface area contributed by atoms with E-state index in [0.29, 0.717) is 6.04 Å². The standard InChI is InChI=1S/C15H20N4.ClH/c1-2-10-19-17-14(11-16-13-8-9-13)15(18-19)12-6-4-3-5-7-12;/h3-7,13,16H,2,8-11H2,1H3;1H. The third-order valence-corrected chi connectivity index (χ3v) is 3.33. The molecule has 0 radical (unpaired) electrons. The zero-order valence-electron chi connectivity index (χ0n) is 11.7. The van der Waals surface area contributed by atoms with E-state index in [2.05, 4.69) is 34.6 Å². The Labute approximate surface area is 126 Å². The van der Waals surface area contributed by atoms with Crippen LogP contribution < -0.4 is 5.32 Å². The van der Waals surface area contributed by atoms with E-state index in [1.54, 1.807) is 0 Å². The van der Waals surface area contributed by atoms with Crippen molar-refractivity contribution in [3.63, 3.8) is 0 Å². The summed E-state index contributed by atoms with van der Waals surface area (Å²) in [6, 6.07) is 11.0.